The van der Waals surface area contributed by atoms with Crippen LogP contribution in [0.1, 0.15) is 56.0 Å². The average Bonchev–Trinajstić information content (AvgIpc) is 2.79. The topological polar surface area (TPSA) is 66.5 Å². The van der Waals surface area contributed by atoms with Gasteiger partial charge in [0.05, 0.1) is 16.6 Å². The van der Waals surface area contributed by atoms with Gasteiger partial charge < -0.3 is 5.32 Å². The zero-order valence-electron chi connectivity index (χ0n) is 20.8. The van der Waals surface area contributed by atoms with Crippen LogP contribution >= 0.6 is 0 Å². The summed E-state index contributed by atoms with van der Waals surface area (Å²) in [5, 5.41) is 2.96. The molecule has 0 bridgehead atoms. The summed E-state index contributed by atoms with van der Waals surface area (Å²) in [4.78, 5) is 13.2. The maximum Gasteiger partial charge on any atom is 0.264 e. The van der Waals surface area contributed by atoms with Crippen LogP contribution in [0.3, 0.4) is 0 Å². The van der Waals surface area contributed by atoms with Crippen LogP contribution in [0.5, 0.6) is 0 Å². The van der Waals surface area contributed by atoms with E-state index in [2.05, 4.69) is 38.2 Å². The van der Waals surface area contributed by atoms with Crippen molar-refractivity contribution in [1.29, 1.82) is 0 Å². The van der Waals surface area contributed by atoms with Crippen LogP contribution in [0, 0.1) is 13.8 Å². The minimum atomic E-state index is -3.93. The Labute approximate surface area is 203 Å². The predicted molar refractivity (Wildman–Crippen MR) is 139 cm³/mol. The lowest BCUT2D eigenvalue weighted by Gasteiger charge is -2.26. The van der Waals surface area contributed by atoms with Gasteiger partial charge in [-0.2, -0.15) is 0 Å². The molecule has 34 heavy (non-hydrogen) atoms. The molecule has 0 radical (unpaired) electrons. The molecule has 0 unspecified atom stereocenters. The fraction of sp³-hybridized carbons (Fsp3) is 0.321. The van der Waals surface area contributed by atoms with Gasteiger partial charge in [-0.3, -0.25) is 9.10 Å². The fourth-order valence-corrected chi connectivity index (χ4v) is 5.12. The fourth-order valence-electron chi connectivity index (χ4n) is 3.69. The Morgan fingerprint density at radius 1 is 0.912 bits per heavy atom. The number of amides is 1. The van der Waals surface area contributed by atoms with Gasteiger partial charge in [0.2, 0.25) is 5.91 Å². The van der Waals surface area contributed by atoms with E-state index in [-0.39, 0.29) is 28.8 Å². The smallest absolute Gasteiger partial charge is 0.264 e. The second-order valence-corrected chi connectivity index (χ2v) is 11.6. The van der Waals surface area contributed by atoms with E-state index in [1.807, 2.05) is 39.0 Å². The Morgan fingerprint density at radius 3 is 2.09 bits per heavy atom. The van der Waals surface area contributed by atoms with Crippen molar-refractivity contribution in [1.82, 2.24) is 5.32 Å². The molecule has 6 heteroatoms. The molecule has 0 aliphatic carbocycles. The van der Waals surface area contributed by atoms with Crippen LogP contribution in [0.2, 0.25) is 0 Å². The highest BCUT2D eigenvalue weighted by atomic mass is 32.2. The van der Waals surface area contributed by atoms with E-state index in [1.54, 1.807) is 42.5 Å². The normalized spacial score (nSPS) is 12.8. The number of hydrogen-bond acceptors (Lipinski definition) is 3. The number of anilines is 1. The van der Waals surface area contributed by atoms with E-state index in [9.17, 15) is 13.2 Å². The van der Waals surface area contributed by atoms with E-state index in [0.717, 1.165) is 16.7 Å². The summed E-state index contributed by atoms with van der Waals surface area (Å²) in [7, 11) is -3.93. The first-order valence-electron chi connectivity index (χ1n) is 11.4. The number of nitrogens with one attached hydrogen (secondary N) is 1. The van der Waals surface area contributed by atoms with Gasteiger partial charge in [-0.25, -0.2) is 8.42 Å². The van der Waals surface area contributed by atoms with Gasteiger partial charge in [-0.1, -0.05) is 69.3 Å². The summed E-state index contributed by atoms with van der Waals surface area (Å²) in [6, 6.07) is 21.5. The number of sulfonamides is 1. The molecule has 0 spiro atoms. The molecule has 0 aliphatic rings. The summed E-state index contributed by atoms with van der Waals surface area (Å²) < 4.78 is 28.2. The van der Waals surface area contributed by atoms with Crippen molar-refractivity contribution in [2.24, 2.45) is 0 Å². The molecule has 0 fully saturated rings. The van der Waals surface area contributed by atoms with Crippen molar-refractivity contribution in [3.05, 3.63) is 95.1 Å². The second-order valence-electron chi connectivity index (χ2n) is 9.75. The molecule has 1 amide bonds. The molecule has 3 aromatic carbocycles. The summed E-state index contributed by atoms with van der Waals surface area (Å²) in [6.45, 7) is 11.9. The first-order valence-corrected chi connectivity index (χ1v) is 12.9. The minimum absolute atomic E-state index is 0.0451. The van der Waals surface area contributed by atoms with Gasteiger partial charge >= 0.3 is 0 Å². The van der Waals surface area contributed by atoms with Crippen molar-refractivity contribution in [3.8, 4) is 0 Å². The molecule has 1 N–H and O–H groups in total. The van der Waals surface area contributed by atoms with Gasteiger partial charge in [0.25, 0.3) is 10.0 Å². The van der Waals surface area contributed by atoms with Crippen LogP contribution in [0.4, 0.5) is 5.69 Å². The third-order valence-electron chi connectivity index (χ3n) is 6.05. The van der Waals surface area contributed by atoms with Gasteiger partial charge in [0.1, 0.15) is 6.54 Å². The van der Waals surface area contributed by atoms with Crippen molar-refractivity contribution in [3.63, 3.8) is 0 Å². The van der Waals surface area contributed by atoms with Crippen LogP contribution in [0.15, 0.2) is 77.7 Å². The Kier molecular flexibility index (Phi) is 7.51. The lowest BCUT2D eigenvalue weighted by atomic mass is 9.86. The van der Waals surface area contributed by atoms with E-state index in [0.29, 0.717) is 5.69 Å². The minimum Gasteiger partial charge on any atom is -0.348 e. The monoisotopic (exact) mass is 478 g/mol. The molecule has 0 saturated heterocycles. The number of benzene rings is 3. The second kappa shape index (κ2) is 10.0. The summed E-state index contributed by atoms with van der Waals surface area (Å²) in [6.07, 6.45) is 0. The van der Waals surface area contributed by atoms with Crippen LogP contribution < -0.4 is 9.62 Å². The average molecular weight is 479 g/mol. The Hall–Kier alpha value is -3.12. The molecule has 0 aliphatic heterocycles. The largest absolute Gasteiger partial charge is 0.348 e. The first kappa shape index (κ1) is 25.5. The van der Waals surface area contributed by atoms with Gasteiger partial charge in [-0.15, -0.1) is 0 Å². The molecule has 0 aromatic heterocycles. The number of carbonyl (C=O) groups is 1. The van der Waals surface area contributed by atoms with Crippen LogP contribution in [-0.4, -0.2) is 20.9 Å². The molecule has 180 valence electrons. The molecule has 0 saturated carbocycles. The van der Waals surface area contributed by atoms with E-state index in [1.165, 1.54) is 9.87 Å². The predicted octanol–water partition coefficient (Wildman–Crippen LogP) is 5.67. The molecular formula is C28H34N2O3S. The van der Waals surface area contributed by atoms with Crippen molar-refractivity contribution in [2.45, 2.75) is 57.9 Å². The van der Waals surface area contributed by atoms with Gasteiger partial charge in [0.15, 0.2) is 0 Å². The van der Waals surface area contributed by atoms with Gasteiger partial charge in [0, 0.05) is 0 Å². The van der Waals surface area contributed by atoms with Gasteiger partial charge in [-0.05, 0) is 72.7 Å². The highest BCUT2D eigenvalue weighted by Crippen LogP contribution is 2.26. The lowest BCUT2D eigenvalue weighted by molar-refractivity contribution is -0.120. The number of hydrogen-bond donors (Lipinski definition) is 1. The highest BCUT2D eigenvalue weighted by Gasteiger charge is 2.28. The molecule has 1 atom stereocenters. The molecule has 5 nitrogen and oxygen atoms in total. The quantitative estimate of drug-likeness (QED) is 0.475. The number of nitrogens with zero attached hydrogens (tertiary/aromatic N) is 1. The van der Waals surface area contributed by atoms with E-state index >= 15 is 0 Å². The Balaban J connectivity index is 1.86. The maximum atomic E-state index is 13.5. The molecule has 3 aromatic rings. The number of carbonyl (C=O) groups excluding carboxylic acids is 1. The summed E-state index contributed by atoms with van der Waals surface area (Å²) in [5.74, 6) is -0.370. The van der Waals surface area contributed by atoms with E-state index < -0.39 is 10.0 Å². The first-order chi connectivity index (χ1) is 15.9. The zero-order chi connectivity index (χ0) is 25.1. The van der Waals surface area contributed by atoms with Crippen molar-refractivity contribution in [2.75, 3.05) is 10.8 Å². The summed E-state index contributed by atoms with van der Waals surface area (Å²) >= 11 is 0. The van der Waals surface area contributed by atoms with Crippen molar-refractivity contribution < 1.29 is 13.2 Å². The maximum absolute atomic E-state index is 13.5. The van der Waals surface area contributed by atoms with Crippen LogP contribution in [-0.2, 0) is 20.2 Å². The third kappa shape index (κ3) is 5.86. The lowest BCUT2D eigenvalue weighted by Crippen LogP contribution is -2.41. The standard InChI is InChI=1S/C28H34N2O3S/c1-20-12-17-25(18-21(20)2)30(34(32,33)26-10-8-7-9-11-26)19-27(31)29-22(3)23-13-15-24(16-14-23)28(4,5)6/h7-18,22H,19H2,1-6H3,(H,29,31)/t22-/m1/s1. The SMILES string of the molecule is Cc1ccc(N(CC(=O)N[C@H](C)c2ccc(C(C)(C)C)cc2)S(=O)(=O)c2ccccc2)cc1C. The molecule has 3 rings (SSSR count). The number of aryl methyl sites for hydroxylation is 2. The Bertz CT molecular complexity index is 1250. The molecule has 0 heterocycles. The zero-order valence-corrected chi connectivity index (χ0v) is 21.6. The Morgan fingerprint density at radius 2 is 1.53 bits per heavy atom. The van der Waals surface area contributed by atoms with Crippen molar-refractivity contribution >= 4 is 21.6 Å². The number of rotatable bonds is 7. The molecular weight excluding hydrogens is 444 g/mol. The van der Waals surface area contributed by atoms with E-state index in [4.69, 9.17) is 0 Å². The van der Waals surface area contributed by atoms with Crippen LogP contribution in [0.25, 0.3) is 0 Å². The summed E-state index contributed by atoms with van der Waals surface area (Å²) in [5.41, 5.74) is 4.69. The third-order valence-corrected chi connectivity index (χ3v) is 7.84. The highest BCUT2D eigenvalue weighted by molar-refractivity contribution is 7.92.